The van der Waals surface area contributed by atoms with E-state index >= 15 is 0 Å². The zero-order valence-corrected chi connectivity index (χ0v) is 8.68. The average Bonchev–Trinajstić information content (AvgIpc) is 1.92. The zero-order chi connectivity index (χ0) is 10.1. The van der Waals surface area contributed by atoms with Crippen LogP contribution in [0.5, 0.6) is 0 Å². The molecule has 13 heavy (non-hydrogen) atoms. The molecule has 1 fully saturated rings. The molecule has 0 aromatic carbocycles. The van der Waals surface area contributed by atoms with Crippen molar-refractivity contribution in [3.05, 3.63) is 0 Å². The maximum atomic E-state index is 11.0. The van der Waals surface area contributed by atoms with Gasteiger partial charge in [-0.1, -0.05) is 0 Å². The van der Waals surface area contributed by atoms with E-state index in [1.165, 1.54) is 0 Å². The van der Waals surface area contributed by atoms with Gasteiger partial charge in [0.25, 0.3) is 0 Å². The lowest BCUT2D eigenvalue weighted by Gasteiger charge is -2.33. The van der Waals surface area contributed by atoms with Crippen LogP contribution in [0.15, 0.2) is 0 Å². The Morgan fingerprint density at radius 1 is 1.46 bits per heavy atom. The fourth-order valence-electron chi connectivity index (χ4n) is 1.81. The van der Waals surface area contributed by atoms with Gasteiger partial charge in [0.15, 0.2) is 0 Å². The van der Waals surface area contributed by atoms with Gasteiger partial charge in [0.2, 0.25) is 0 Å². The molecule has 0 radical (unpaired) electrons. The van der Waals surface area contributed by atoms with Crippen molar-refractivity contribution in [2.75, 3.05) is 12.0 Å². The van der Waals surface area contributed by atoms with Crippen molar-refractivity contribution in [2.24, 2.45) is 5.73 Å². The van der Waals surface area contributed by atoms with E-state index in [0.29, 0.717) is 25.7 Å². The van der Waals surface area contributed by atoms with Gasteiger partial charge in [-0.3, -0.25) is 0 Å². The summed E-state index contributed by atoms with van der Waals surface area (Å²) in [5, 5.41) is 9.89. The molecule has 0 bridgehead atoms. The maximum absolute atomic E-state index is 11.0. The molecule has 1 saturated carbocycles. The van der Waals surface area contributed by atoms with Crippen molar-refractivity contribution < 1.29 is 13.5 Å². The molecule has 5 heteroatoms. The van der Waals surface area contributed by atoms with Crippen LogP contribution in [0.3, 0.4) is 0 Å². The Kier molecular flexibility index (Phi) is 2.99. The van der Waals surface area contributed by atoms with Gasteiger partial charge < -0.3 is 10.8 Å². The van der Waals surface area contributed by atoms with Crippen LogP contribution in [0.2, 0.25) is 0 Å². The lowest BCUT2D eigenvalue weighted by atomic mass is 9.84. The van der Waals surface area contributed by atoms with Gasteiger partial charge in [0, 0.05) is 12.3 Å². The molecule has 0 aromatic rings. The Balaban J connectivity index is 2.58. The fourth-order valence-corrected chi connectivity index (χ4v) is 3.07. The normalized spacial score (nSPS) is 36.1. The summed E-state index contributed by atoms with van der Waals surface area (Å²) in [6.07, 6.45) is 3.58. The highest BCUT2D eigenvalue weighted by Gasteiger charge is 2.34. The van der Waals surface area contributed by atoms with E-state index < -0.39 is 15.4 Å². The van der Waals surface area contributed by atoms with Crippen LogP contribution in [0.4, 0.5) is 0 Å². The van der Waals surface area contributed by atoms with Gasteiger partial charge in [-0.15, -0.1) is 0 Å². The summed E-state index contributed by atoms with van der Waals surface area (Å²) < 4.78 is 22.0. The van der Waals surface area contributed by atoms with E-state index in [0.717, 1.165) is 6.26 Å². The minimum Gasteiger partial charge on any atom is -0.389 e. The van der Waals surface area contributed by atoms with Crippen LogP contribution in [0.25, 0.3) is 0 Å². The van der Waals surface area contributed by atoms with Gasteiger partial charge in [-0.05, 0) is 25.7 Å². The highest BCUT2D eigenvalue weighted by atomic mass is 32.2. The number of hydrogen-bond acceptors (Lipinski definition) is 4. The molecule has 0 heterocycles. The van der Waals surface area contributed by atoms with Crippen LogP contribution >= 0.6 is 0 Å². The topological polar surface area (TPSA) is 80.4 Å². The third-order valence-electron chi connectivity index (χ3n) is 2.49. The molecule has 0 atom stereocenters. The van der Waals surface area contributed by atoms with Crippen LogP contribution in [-0.4, -0.2) is 37.2 Å². The quantitative estimate of drug-likeness (QED) is 0.649. The molecule has 3 N–H and O–H groups in total. The molecule has 0 aromatic heterocycles. The summed E-state index contributed by atoms with van der Waals surface area (Å²) in [5.41, 5.74) is 4.63. The van der Waals surface area contributed by atoms with Crippen LogP contribution in [0.1, 0.15) is 25.7 Å². The average molecular weight is 207 g/mol. The summed E-state index contributed by atoms with van der Waals surface area (Å²) in [7, 11) is -3.09. The van der Waals surface area contributed by atoms with Crippen LogP contribution < -0.4 is 5.73 Å². The molecular formula is C8H17NO3S. The monoisotopic (exact) mass is 207 g/mol. The van der Waals surface area contributed by atoms with Gasteiger partial charge in [-0.25, -0.2) is 8.42 Å². The standard InChI is InChI=1S/C8H17NO3S/c1-13(11,12)6-8(10)4-2-7(9)3-5-8/h7,10H,2-6,9H2,1H3. The zero-order valence-electron chi connectivity index (χ0n) is 7.86. The lowest BCUT2D eigenvalue weighted by Crippen LogP contribution is -2.43. The maximum Gasteiger partial charge on any atom is 0.150 e. The van der Waals surface area contributed by atoms with E-state index in [4.69, 9.17) is 5.73 Å². The molecule has 0 amide bonds. The number of sulfone groups is 1. The van der Waals surface area contributed by atoms with E-state index in [1.54, 1.807) is 0 Å². The van der Waals surface area contributed by atoms with E-state index in [9.17, 15) is 13.5 Å². The first kappa shape index (κ1) is 10.9. The third-order valence-corrected chi connectivity index (χ3v) is 3.55. The van der Waals surface area contributed by atoms with Crippen molar-refractivity contribution >= 4 is 9.84 Å². The highest BCUT2D eigenvalue weighted by molar-refractivity contribution is 7.90. The van der Waals surface area contributed by atoms with Gasteiger partial charge in [-0.2, -0.15) is 0 Å². The van der Waals surface area contributed by atoms with Crippen molar-refractivity contribution in [2.45, 2.75) is 37.3 Å². The first-order valence-electron chi connectivity index (χ1n) is 4.46. The third kappa shape index (κ3) is 3.62. The molecule has 1 aliphatic rings. The predicted octanol–water partition coefficient (Wildman–Crippen LogP) is -0.337. The van der Waals surface area contributed by atoms with Crippen LogP contribution in [-0.2, 0) is 9.84 Å². The summed E-state index contributed by atoms with van der Waals surface area (Å²) in [5.74, 6) is -0.132. The highest BCUT2D eigenvalue weighted by Crippen LogP contribution is 2.28. The number of aliphatic hydroxyl groups is 1. The Bertz CT molecular complexity index is 265. The SMILES string of the molecule is CS(=O)(=O)CC1(O)CCC(N)CC1. The van der Waals surface area contributed by atoms with Crippen molar-refractivity contribution in [3.8, 4) is 0 Å². The molecule has 0 spiro atoms. The molecule has 1 aliphatic carbocycles. The molecule has 78 valence electrons. The van der Waals surface area contributed by atoms with Gasteiger partial charge in [0.05, 0.1) is 11.4 Å². The van der Waals surface area contributed by atoms with E-state index in [1.807, 2.05) is 0 Å². The lowest BCUT2D eigenvalue weighted by molar-refractivity contribution is 0.0211. The minimum atomic E-state index is -3.09. The predicted molar refractivity (Wildman–Crippen MR) is 51.1 cm³/mol. The number of hydrogen-bond donors (Lipinski definition) is 2. The van der Waals surface area contributed by atoms with Crippen molar-refractivity contribution in [1.82, 2.24) is 0 Å². The minimum absolute atomic E-state index is 0.125. The van der Waals surface area contributed by atoms with Crippen molar-refractivity contribution in [1.29, 1.82) is 0 Å². The Morgan fingerprint density at radius 3 is 2.31 bits per heavy atom. The summed E-state index contributed by atoms with van der Waals surface area (Å²) >= 11 is 0. The Labute approximate surface area is 79.0 Å². The second-order valence-corrected chi connectivity index (χ2v) is 6.27. The largest absolute Gasteiger partial charge is 0.389 e. The number of rotatable bonds is 2. The molecule has 1 rings (SSSR count). The van der Waals surface area contributed by atoms with E-state index in [2.05, 4.69) is 0 Å². The molecule has 0 aliphatic heterocycles. The smallest absolute Gasteiger partial charge is 0.150 e. The molecule has 4 nitrogen and oxygen atoms in total. The summed E-state index contributed by atoms with van der Waals surface area (Å²) in [6.45, 7) is 0. The molecule has 0 unspecified atom stereocenters. The van der Waals surface area contributed by atoms with Crippen LogP contribution in [0, 0.1) is 0 Å². The van der Waals surface area contributed by atoms with Crippen molar-refractivity contribution in [3.63, 3.8) is 0 Å². The summed E-state index contributed by atoms with van der Waals surface area (Å²) in [6, 6.07) is 0.125. The first-order valence-corrected chi connectivity index (χ1v) is 6.52. The number of nitrogens with two attached hydrogens (primary N) is 1. The Morgan fingerprint density at radius 2 is 1.92 bits per heavy atom. The van der Waals surface area contributed by atoms with Gasteiger partial charge >= 0.3 is 0 Å². The Hall–Kier alpha value is -0.130. The second-order valence-electron chi connectivity index (χ2n) is 4.13. The second kappa shape index (κ2) is 3.55. The van der Waals surface area contributed by atoms with Gasteiger partial charge in [0.1, 0.15) is 9.84 Å². The molecule has 0 saturated heterocycles. The van der Waals surface area contributed by atoms with E-state index in [-0.39, 0.29) is 11.8 Å². The molecular weight excluding hydrogens is 190 g/mol. The fraction of sp³-hybridized carbons (Fsp3) is 1.00. The first-order chi connectivity index (χ1) is 5.81. The summed E-state index contributed by atoms with van der Waals surface area (Å²) in [4.78, 5) is 0.